The van der Waals surface area contributed by atoms with Crippen LogP contribution in [0.15, 0.2) is 18.2 Å². The monoisotopic (exact) mass is 392 g/mol. The minimum Gasteiger partial charge on any atom is -0.444 e. The number of ether oxygens (including phenoxy) is 1. The number of nitro groups is 1. The summed E-state index contributed by atoms with van der Waals surface area (Å²) in [6.45, 7) is 7.07. The molecule has 146 valence electrons. The molecule has 1 saturated heterocycles. The molecule has 1 atom stereocenters. The Balaban J connectivity index is 1.75. The van der Waals surface area contributed by atoms with Crippen molar-refractivity contribution in [3.63, 3.8) is 0 Å². The van der Waals surface area contributed by atoms with E-state index in [1.54, 1.807) is 18.0 Å². The molecular formula is C18H24N4O4S. The number of hydrogen-bond donors (Lipinski definition) is 0. The van der Waals surface area contributed by atoms with E-state index in [-0.39, 0.29) is 17.8 Å². The number of aromatic nitrogens is 1. The number of nitro benzene ring substituents is 1. The highest BCUT2D eigenvalue weighted by atomic mass is 32.1. The highest BCUT2D eigenvalue weighted by Gasteiger charge is 2.30. The topological polar surface area (TPSA) is 88.8 Å². The SMILES string of the molecule is CN(C(=O)OC(C)(C)C)C1CCCN(c2nc3cc([N+](=O)[O-])ccc3s2)C1. The van der Waals surface area contributed by atoms with Crippen molar-refractivity contribution in [3.05, 3.63) is 28.3 Å². The van der Waals surface area contributed by atoms with E-state index in [4.69, 9.17) is 4.74 Å². The van der Waals surface area contributed by atoms with Crippen molar-refractivity contribution in [3.8, 4) is 0 Å². The number of hydrogen-bond acceptors (Lipinski definition) is 7. The zero-order valence-corrected chi connectivity index (χ0v) is 16.8. The van der Waals surface area contributed by atoms with E-state index in [1.165, 1.54) is 23.5 Å². The Kier molecular flexibility index (Phi) is 5.23. The maximum atomic E-state index is 12.4. The molecule has 0 saturated carbocycles. The van der Waals surface area contributed by atoms with Crippen LogP contribution in [-0.2, 0) is 4.74 Å². The number of thiazole rings is 1. The van der Waals surface area contributed by atoms with Crippen LogP contribution in [0.5, 0.6) is 0 Å². The van der Waals surface area contributed by atoms with Crippen LogP contribution in [0.4, 0.5) is 15.6 Å². The van der Waals surface area contributed by atoms with Gasteiger partial charge in [0.05, 0.1) is 21.2 Å². The number of fused-ring (bicyclic) bond motifs is 1. The van der Waals surface area contributed by atoms with Gasteiger partial charge in [0.1, 0.15) is 5.60 Å². The molecule has 0 spiro atoms. The predicted molar refractivity (Wildman–Crippen MR) is 106 cm³/mol. The fourth-order valence-corrected chi connectivity index (χ4v) is 4.06. The second kappa shape index (κ2) is 7.30. The van der Waals surface area contributed by atoms with E-state index in [2.05, 4.69) is 9.88 Å². The molecule has 2 heterocycles. The van der Waals surface area contributed by atoms with E-state index in [9.17, 15) is 14.9 Å². The Hall–Kier alpha value is -2.42. The Morgan fingerprint density at radius 2 is 2.19 bits per heavy atom. The van der Waals surface area contributed by atoms with E-state index >= 15 is 0 Å². The molecule has 1 aliphatic heterocycles. The van der Waals surface area contributed by atoms with Gasteiger partial charge in [-0.05, 0) is 39.7 Å². The second-order valence-electron chi connectivity index (χ2n) is 7.74. The van der Waals surface area contributed by atoms with Gasteiger partial charge in [-0.1, -0.05) is 11.3 Å². The lowest BCUT2D eigenvalue weighted by Crippen LogP contribution is -2.49. The average molecular weight is 392 g/mol. The Morgan fingerprint density at radius 1 is 1.44 bits per heavy atom. The van der Waals surface area contributed by atoms with Crippen LogP contribution in [-0.4, -0.2) is 52.7 Å². The normalized spacial score (nSPS) is 17.8. The van der Waals surface area contributed by atoms with Crippen molar-refractivity contribution in [2.45, 2.75) is 45.3 Å². The zero-order valence-electron chi connectivity index (χ0n) is 16.0. The summed E-state index contributed by atoms with van der Waals surface area (Å²) in [5.74, 6) is 0. The van der Waals surface area contributed by atoms with Crippen molar-refractivity contribution in [1.82, 2.24) is 9.88 Å². The first-order valence-electron chi connectivity index (χ1n) is 8.90. The molecule has 1 amide bonds. The lowest BCUT2D eigenvalue weighted by atomic mass is 10.1. The molecular weight excluding hydrogens is 368 g/mol. The van der Waals surface area contributed by atoms with Crippen molar-refractivity contribution < 1.29 is 14.5 Å². The fraction of sp³-hybridized carbons (Fsp3) is 0.556. The van der Waals surface area contributed by atoms with E-state index < -0.39 is 10.5 Å². The molecule has 9 heteroatoms. The summed E-state index contributed by atoms with van der Waals surface area (Å²) in [4.78, 5) is 31.3. The maximum absolute atomic E-state index is 12.4. The van der Waals surface area contributed by atoms with Gasteiger partial charge in [-0.15, -0.1) is 0 Å². The number of nitrogens with zero attached hydrogens (tertiary/aromatic N) is 4. The summed E-state index contributed by atoms with van der Waals surface area (Å²) in [5, 5.41) is 11.8. The lowest BCUT2D eigenvalue weighted by Gasteiger charge is -2.38. The van der Waals surface area contributed by atoms with Gasteiger partial charge in [0, 0.05) is 32.3 Å². The molecule has 0 bridgehead atoms. The van der Waals surface area contributed by atoms with E-state index in [0.717, 1.165) is 29.2 Å². The Morgan fingerprint density at radius 3 is 2.85 bits per heavy atom. The van der Waals surface area contributed by atoms with Crippen molar-refractivity contribution in [2.75, 3.05) is 25.0 Å². The minimum absolute atomic E-state index is 0.0370. The summed E-state index contributed by atoms with van der Waals surface area (Å²) < 4.78 is 6.38. The lowest BCUT2D eigenvalue weighted by molar-refractivity contribution is -0.384. The first kappa shape index (κ1) is 19.3. The number of rotatable bonds is 3. The van der Waals surface area contributed by atoms with Gasteiger partial charge in [-0.25, -0.2) is 9.78 Å². The molecule has 1 unspecified atom stereocenters. The highest BCUT2D eigenvalue weighted by molar-refractivity contribution is 7.22. The summed E-state index contributed by atoms with van der Waals surface area (Å²) in [6.07, 6.45) is 1.52. The molecule has 1 fully saturated rings. The zero-order chi connectivity index (χ0) is 19.8. The van der Waals surface area contributed by atoms with Crippen LogP contribution in [0.25, 0.3) is 10.2 Å². The first-order valence-corrected chi connectivity index (χ1v) is 9.71. The maximum Gasteiger partial charge on any atom is 0.410 e. The van der Waals surface area contributed by atoms with Gasteiger partial charge < -0.3 is 14.5 Å². The quantitative estimate of drug-likeness (QED) is 0.578. The van der Waals surface area contributed by atoms with Crippen LogP contribution in [0.2, 0.25) is 0 Å². The molecule has 2 aromatic rings. The standard InChI is InChI=1S/C18H24N4O4S/c1-18(2,3)26-17(23)20(4)13-6-5-9-21(11-13)16-19-14-10-12(22(24)25)7-8-15(14)27-16/h7-8,10,13H,5-6,9,11H2,1-4H3. The van der Waals surface area contributed by atoms with Crippen molar-refractivity contribution >= 4 is 38.5 Å². The number of non-ortho nitro benzene ring substituents is 1. The number of anilines is 1. The summed E-state index contributed by atoms with van der Waals surface area (Å²) in [6, 6.07) is 4.78. The van der Waals surface area contributed by atoms with Crippen molar-refractivity contribution in [1.29, 1.82) is 0 Å². The van der Waals surface area contributed by atoms with Crippen LogP contribution in [0.3, 0.4) is 0 Å². The van der Waals surface area contributed by atoms with Gasteiger partial charge >= 0.3 is 6.09 Å². The van der Waals surface area contributed by atoms with E-state index in [0.29, 0.717) is 12.1 Å². The average Bonchev–Trinajstić information content (AvgIpc) is 3.03. The molecule has 1 aromatic carbocycles. The third-order valence-corrected chi connectivity index (χ3v) is 5.56. The predicted octanol–water partition coefficient (Wildman–Crippen LogP) is 4.04. The number of amides is 1. The number of piperidine rings is 1. The van der Waals surface area contributed by atoms with Gasteiger partial charge in [-0.2, -0.15) is 0 Å². The minimum atomic E-state index is -0.526. The number of carbonyl (C=O) groups excluding carboxylic acids is 1. The first-order chi connectivity index (χ1) is 12.6. The smallest absolute Gasteiger partial charge is 0.410 e. The number of likely N-dealkylation sites (N-methyl/N-ethyl adjacent to an activating group) is 1. The molecule has 0 aliphatic carbocycles. The second-order valence-corrected chi connectivity index (χ2v) is 8.75. The van der Waals surface area contributed by atoms with E-state index in [1.807, 2.05) is 20.8 Å². The van der Waals surface area contributed by atoms with Crippen LogP contribution >= 0.6 is 11.3 Å². The van der Waals surface area contributed by atoms with Gasteiger partial charge in [-0.3, -0.25) is 10.1 Å². The molecule has 0 radical (unpaired) electrons. The molecule has 8 nitrogen and oxygen atoms in total. The molecule has 1 aromatic heterocycles. The van der Waals surface area contributed by atoms with Crippen LogP contribution in [0.1, 0.15) is 33.6 Å². The summed E-state index contributed by atoms with van der Waals surface area (Å²) in [7, 11) is 1.77. The largest absolute Gasteiger partial charge is 0.444 e. The van der Waals surface area contributed by atoms with Gasteiger partial charge in [0.2, 0.25) is 0 Å². The highest BCUT2D eigenvalue weighted by Crippen LogP contribution is 2.33. The fourth-order valence-electron chi connectivity index (χ4n) is 3.08. The van der Waals surface area contributed by atoms with Crippen LogP contribution < -0.4 is 4.90 Å². The molecule has 27 heavy (non-hydrogen) atoms. The number of benzene rings is 1. The van der Waals surface area contributed by atoms with Crippen LogP contribution in [0, 0.1) is 10.1 Å². The summed E-state index contributed by atoms with van der Waals surface area (Å²) >= 11 is 1.51. The molecule has 1 aliphatic rings. The van der Waals surface area contributed by atoms with Crippen molar-refractivity contribution in [2.24, 2.45) is 0 Å². The third-order valence-electron chi connectivity index (χ3n) is 4.47. The molecule has 0 N–H and O–H groups in total. The summed E-state index contributed by atoms with van der Waals surface area (Å²) in [5.41, 5.74) is 0.147. The number of carbonyl (C=O) groups is 1. The Labute approximate surface area is 161 Å². The Bertz CT molecular complexity index is 861. The van der Waals surface area contributed by atoms with Gasteiger partial charge in [0.25, 0.3) is 5.69 Å². The van der Waals surface area contributed by atoms with Gasteiger partial charge in [0.15, 0.2) is 5.13 Å². The third kappa shape index (κ3) is 4.47. The molecule has 3 rings (SSSR count).